The molecule has 2 aromatic heterocycles. The molecule has 0 aliphatic rings. The van der Waals surface area contributed by atoms with Crippen LogP contribution in [0.15, 0.2) is 71.1 Å². The summed E-state index contributed by atoms with van der Waals surface area (Å²) in [4.78, 5) is 0. The first kappa shape index (κ1) is 18.1. The van der Waals surface area contributed by atoms with Crippen molar-refractivity contribution in [1.29, 1.82) is 0 Å². The molecule has 2 heterocycles. The highest BCUT2D eigenvalue weighted by Gasteiger charge is 2.23. The van der Waals surface area contributed by atoms with Crippen molar-refractivity contribution in [3.05, 3.63) is 72.3 Å². The number of aryl methyl sites for hydroxylation is 2. The van der Waals surface area contributed by atoms with Gasteiger partial charge in [-0.25, -0.2) is 0 Å². The number of rotatable bonds is 2. The van der Waals surface area contributed by atoms with Crippen molar-refractivity contribution in [2.45, 2.75) is 26.6 Å². The van der Waals surface area contributed by atoms with Crippen molar-refractivity contribution in [1.82, 2.24) is 0 Å². The van der Waals surface area contributed by atoms with Gasteiger partial charge in [0, 0.05) is 28.3 Å². The fraction of sp³-hybridized carbons (Fsp3) is 0.192. The summed E-state index contributed by atoms with van der Waals surface area (Å²) in [6.07, 6.45) is 0. The topological polar surface area (TPSA) is 17.0 Å². The van der Waals surface area contributed by atoms with Gasteiger partial charge < -0.3 is 4.42 Å². The zero-order chi connectivity index (χ0) is 20.3. The average molecular weight is 397 g/mol. The van der Waals surface area contributed by atoms with E-state index in [1.807, 2.05) is 12.1 Å². The van der Waals surface area contributed by atoms with Crippen LogP contribution in [0.4, 0.5) is 0 Å². The quantitative estimate of drug-likeness (QED) is 0.261. The van der Waals surface area contributed by atoms with Crippen molar-refractivity contribution in [3.63, 3.8) is 0 Å². The number of hydrogen-bond donors (Lipinski definition) is 0. The summed E-state index contributed by atoms with van der Waals surface area (Å²) < 4.78 is 8.47. The molecule has 0 radical (unpaired) electrons. The second kappa shape index (κ2) is 6.29. The van der Waals surface area contributed by atoms with Gasteiger partial charge in [-0.1, -0.05) is 55.2 Å². The smallest absolute Gasteiger partial charge is 0.213 e. The molecule has 0 aliphatic carbocycles. The summed E-state index contributed by atoms with van der Waals surface area (Å²) >= 11 is 0. The van der Waals surface area contributed by atoms with E-state index in [9.17, 15) is 0 Å². The summed E-state index contributed by atoms with van der Waals surface area (Å²) in [5.74, 6) is 0. The van der Waals surface area contributed by atoms with E-state index in [0.717, 1.165) is 11.2 Å². The molecule has 0 amide bonds. The third kappa shape index (κ3) is 2.80. The molecule has 3 heteroatoms. The fourth-order valence-electron chi connectivity index (χ4n) is 4.37. The number of nitrogens with zero attached hydrogens (tertiary/aromatic N) is 1. The number of hydrogen-bond acceptors (Lipinski definition) is 1. The fourth-order valence-corrected chi connectivity index (χ4v) is 5.54. The first-order valence-electron chi connectivity index (χ1n) is 10.2. The van der Waals surface area contributed by atoms with Gasteiger partial charge in [-0.05, 0) is 36.8 Å². The van der Waals surface area contributed by atoms with Crippen molar-refractivity contribution in [2.24, 2.45) is 7.05 Å². The molecule has 29 heavy (non-hydrogen) atoms. The molecule has 0 N–H and O–H groups in total. The third-order valence-corrected chi connectivity index (χ3v) is 8.09. The lowest BCUT2D eigenvalue weighted by atomic mass is 9.97. The molecular formula is C26H26NOSi+. The number of fused-ring (bicyclic) bond motifs is 4. The van der Waals surface area contributed by atoms with E-state index in [0.29, 0.717) is 0 Å². The Morgan fingerprint density at radius 2 is 1.62 bits per heavy atom. The summed E-state index contributed by atoms with van der Waals surface area (Å²) in [5, 5.41) is 5.18. The standard InChI is InChI=1S/C26H26NOSi/c1-17-10-15-24-26(20-8-6-7-9-23(20)28-24)25(17)22-13-11-18-16-19(29(3,4)5)12-14-21(18)27(22)2/h6-16H,1-5H3/q+1. The minimum Gasteiger partial charge on any atom is -0.456 e. The van der Waals surface area contributed by atoms with Gasteiger partial charge in [0.25, 0.3) is 0 Å². The normalized spacial score (nSPS) is 12.3. The molecule has 0 atom stereocenters. The van der Waals surface area contributed by atoms with Crippen LogP contribution >= 0.6 is 0 Å². The van der Waals surface area contributed by atoms with Gasteiger partial charge in [0.15, 0.2) is 0 Å². The molecule has 2 nitrogen and oxygen atoms in total. The van der Waals surface area contributed by atoms with Crippen molar-refractivity contribution < 1.29 is 8.98 Å². The van der Waals surface area contributed by atoms with Crippen LogP contribution in [0.3, 0.4) is 0 Å². The Bertz CT molecular complexity index is 1410. The molecular weight excluding hydrogens is 370 g/mol. The lowest BCUT2D eigenvalue weighted by molar-refractivity contribution is -0.633. The molecule has 3 aromatic carbocycles. The van der Waals surface area contributed by atoms with Crippen LogP contribution < -0.4 is 9.75 Å². The van der Waals surface area contributed by atoms with E-state index in [4.69, 9.17) is 4.42 Å². The van der Waals surface area contributed by atoms with E-state index >= 15 is 0 Å². The zero-order valence-corrected chi connectivity index (χ0v) is 18.7. The molecule has 0 spiro atoms. The Hall–Kier alpha value is -2.91. The molecule has 0 bridgehead atoms. The Morgan fingerprint density at radius 3 is 2.41 bits per heavy atom. The van der Waals surface area contributed by atoms with Gasteiger partial charge in [-0.2, -0.15) is 4.57 Å². The van der Waals surface area contributed by atoms with Crippen LogP contribution in [0, 0.1) is 6.92 Å². The monoisotopic (exact) mass is 396 g/mol. The number of para-hydroxylation sites is 1. The predicted molar refractivity (Wildman–Crippen MR) is 126 cm³/mol. The lowest BCUT2D eigenvalue weighted by Gasteiger charge is -2.17. The highest BCUT2D eigenvalue weighted by molar-refractivity contribution is 6.88. The number of pyridine rings is 1. The molecule has 5 rings (SSSR count). The molecule has 144 valence electrons. The van der Waals surface area contributed by atoms with Gasteiger partial charge in [0.05, 0.1) is 13.6 Å². The van der Waals surface area contributed by atoms with Crippen LogP contribution in [-0.2, 0) is 7.05 Å². The predicted octanol–water partition coefficient (Wildman–Crippen LogP) is 6.08. The lowest BCUT2D eigenvalue weighted by Crippen LogP contribution is -2.38. The van der Waals surface area contributed by atoms with Crippen LogP contribution in [0.25, 0.3) is 44.1 Å². The van der Waals surface area contributed by atoms with Gasteiger partial charge in [-0.3, -0.25) is 0 Å². The van der Waals surface area contributed by atoms with Crippen molar-refractivity contribution in [2.75, 3.05) is 0 Å². The first-order valence-corrected chi connectivity index (χ1v) is 13.7. The van der Waals surface area contributed by atoms with E-state index in [1.165, 1.54) is 43.7 Å². The van der Waals surface area contributed by atoms with Gasteiger partial charge >= 0.3 is 0 Å². The van der Waals surface area contributed by atoms with Crippen LogP contribution in [0.1, 0.15) is 5.56 Å². The Kier molecular flexibility index (Phi) is 3.94. The molecule has 0 fully saturated rings. The summed E-state index contributed by atoms with van der Waals surface area (Å²) in [6, 6.07) is 24.1. The summed E-state index contributed by atoms with van der Waals surface area (Å²) in [6.45, 7) is 9.39. The van der Waals surface area contributed by atoms with E-state index < -0.39 is 8.07 Å². The Morgan fingerprint density at radius 1 is 0.828 bits per heavy atom. The second-order valence-electron chi connectivity index (χ2n) is 9.03. The molecule has 0 saturated carbocycles. The summed E-state index contributed by atoms with van der Waals surface area (Å²) in [7, 11) is 0.839. The molecule has 0 aliphatic heterocycles. The Labute approximate surface area is 172 Å². The minimum absolute atomic E-state index is 0.942. The number of benzene rings is 3. The van der Waals surface area contributed by atoms with Crippen molar-refractivity contribution >= 4 is 46.1 Å². The number of furan rings is 1. The van der Waals surface area contributed by atoms with Crippen LogP contribution in [-0.4, -0.2) is 8.07 Å². The van der Waals surface area contributed by atoms with Crippen LogP contribution in [0.2, 0.25) is 19.6 Å². The number of aromatic nitrogens is 1. The van der Waals surface area contributed by atoms with E-state index in [2.05, 4.69) is 92.8 Å². The second-order valence-corrected chi connectivity index (χ2v) is 14.1. The molecule has 5 aromatic rings. The molecule has 0 saturated heterocycles. The maximum absolute atomic E-state index is 6.15. The first-order chi connectivity index (χ1) is 13.8. The van der Waals surface area contributed by atoms with E-state index in [-0.39, 0.29) is 0 Å². The Balaban J connectivity index is 1.83. The van der Waals surface area contributed by atoms with Crippen molar-refractivity contribution in [3.8, 4) is 11.3 Å². The maximum atomic E-state index is 6.15. The van der Waals surface area contributed by atoms with Gasteiger partial charge in [0.2, 0.25) is 11.2 Å². The largest absolute Gasteiger partial charge is 0.456 e. The summed E-state index contributed by atoms with van der Waals surface area (Å²) in [5.41, 5.74) is 6.88. The zero-order valence-electron chi connectivity index (χ0n) is 17.7. The van der Waals surface area contributed by atoms with Gasteiger partial charge in [-0.15, -0.1) is 0 Å². The average Bonchev–Trinajstić information content (AvgIpc) is 3.07. The highest BCUT2D eigenvalue weighted by Crippen LogP contribution is 2.37. The van der Waals surface area contributed by atoms with E-state index in [1.54, 1.807) is 0 Å². The minimum atomic E-state index is -1.33. The third-order valence-electron chi connectivity index (χ3n) is 6.04. The van der Waals surface area contributed by atoms with Gasteiger partial charge in [0.1, 0.15) is 18.2 Å². The molecule has 0 unspecified atom stereocenters. The van der Waals surface area contributed by atoms with Crippen LogP contribution in [0.5, 0.6) is 0 Å². The highest BCUT2D eigenvalue weighted by atomic mass is 28.3. The SMILES string of the molecule is Cc1ccc2oc3ccccc3c2c1-c1ccc2cc([Si](C)(C)C)ccc2[n+]1C. The maximum Gasteiger partial charge on any atom is 0.213 e.